The summed E-state index contributed by atoms with van der Waals surface area (Å²) in [5.74, 6) is -0.528. The number of aromatic nitrogens is 1. The van der Waals surface area contributed by atoms with Gasteiger partial charge < -0.3 is 10.0 Å². The summed E-state index contributed by atoms with van der Waals surface area (Å²) in [7, 11) is -1.97. The highest BCUT2D eigenvalue weighted by atomic mass is 32.2. The van der Waals surface area contributed by atoms with Crippen molar-refractivity contribution in [3.63, 3.8) is 0 Å². The van der Waals surface area contributed by atoms with Gasteiger partial charge in [-0.15, -0.1) is 17.9 Å². The Balaban J connectivity index is 1.57. The third kappa shape index (κ3) is 4.85. The number of amides is 1. The number of benzene rings is 1. The molecule has 1 fully saturated rings. The van der Waals surface area contributed by atoms with E-state index in [0.717, 1.165) is 35.4 Å². The van der Waals surface area contributed by atoms with E-state index < -0.39 is 16.1 Å². The molecule has 1 aromatic heterocycles. The molecule has 4 rings (SSSR count). The van der Waals surface area contributed by atoms with Crippen molar-refractivity contribution in [2.45, 2.75) is 63.9 Å². The first-order chi connectivity index (χ1) is 16.9. The zero-order valence-electron chi connectivity index (χ0n) is 21.7. The number of aliphatic hydroxyl groups excluding tert-OH is 1. The lowest BCUT2D eigenvalue weighted by Gasteiger charge is -2.53. The van der Waals surface area contributed by atoms with Gasteiger partial charge in [0.15, 0.2) is 5.13 Å². The van der Waals surface area contributed by atoms with Crippen LogP contribution in [0.5, 0.6) is 0 Å². The van der Waals surface area contributed by atoms with E-state index in [1.807, 2.05) is 13.8 Å². The van der Waals surface area contributed by atoms with Crippen LogP contribution < -0.4 is 4.72 Å². The second-order valence-electron chi connectivity index (χ2n) is 10.9. The van der Waals surface area contributed by atoms with Crippen LogP contribution >= 0.6 is 11.3 Å². The van der Waals surface area contributed by atoms with Gasteiger partial charge in [-0.1, -0.05) is 44.5 Å². The van der Waals surface area contributed by atoms with Gasteiger partial charge in [0, 0.05) is 30.3 Å². The van der Waals surface area contributed by atoms with Gasteiger partial charge in [-0.3, -0.25) is 9.52 Å². The number of nitrogens with one attached hydrogen (secondary N) is 1. The molecule has 0 radical (unpaired) electrons. The van der Waals surface area contributed by atoms with Crippen LogP contribution in [0.1, 0.15) is 55.7 Å². The van der Waals surface area contributed by atoms with Crippen LogP contribution in [0.15, 0.2) is 41.8 Å². The molecule has 1 amide bonds. The largest absolute Gasteiger partial charge is 0.392 e. The molecular formula is C27H37N3O4S2. The van der Waals surface area contributed by atoms with Crippen LogP contribution in [-0.4, -0.2) is 49.0 Å². The third-order valence-corrected chi connectivity index (χ3v) is 10.8. The fourth-order valence-electron chi connectivity index (χ4n) is 6.30. The number of carbonyl (C=O) groups is 1. The van der Waals surface area contributed by atoms with Gasteiger partial charge in [-0.05, 0) is 55.6 Å². The maximum absolute atomic E-state index is 13.0. The summed E-state index contributed by atoms with van der Waals surface area (Å²) in [6, 6.07) is 6.73. The smallest absolute Gasteiger partial charge is 0.263 e. The highest BCUT2D eigenvalue weighted by Gasteiger charge is 2.54. The Kier molecular flexibility index (Phi) is 7.38. The van der Waals surface area contributed by atoms with Crippen LogP contribution in [0.4, 0.5) is 5.13 Å². The molecule has 0 spiro atoms. The Labute approximate surface area is 218 Å². The standard InChI is InChI=1S/C27H37N3O4S2/c1-7-14-30(6)25(32)17(3)20-12-13-27(5)15-21-23(18(4)22(27)24(20)31)28-26(35-21)29-36(33,34)19-10-8-16(2)9-11-19/h7-11,17-18,20,22,24,31H,1,12-15H2,2-6H3,(H,28,29)/t17-,18-,20?,22+,24-,27-/m0/s1. The molecular weight excluding hydrogens is 494 g/mol. The lowest BCUT2D eigenvalue weighted by Crippen LogP contribution is -2.53. The molecule has 1 heterocycles. The van der Waals surface area contributed by atoms with Crippen molar-refractivity contribution in [2.24, 2.45) is 23.2 Å². The molecule has 2 aromatic rings. The lowest BCUT2D eigenvalue weighted by atomic mass is 9.53. The zero-order valence-corrected chi connectivity index (χ0v) is 23.3. The molecule has 1 unspecified atom stereocenters. The van der Waals surface area contributed by atoms with Gasteiger partial charge in [-0.2, -0.15) is 0 Å². The Morgan fingerprint density at radius 3 is 2.69 bits per heavy atom. The molecule has 196 valence electrons. The Hall–Kier alpha value is -2.23. The number of thiazole rings is 1. The average Bonchev–Trinajstić information content (AvgIpc) is 3.19. The number of likely N-dealkylation sites (N-methyl/N-ethyl adjacent to an activating group) is 1. The van der Waals surface area contributed by atoms with Crippen molar-refractivity contribution in [1.29, 1.82) is 0 Å². The molecule has 0 bridgehead atoms. The quantitative estimate of drug-likeness (QED) is 0.509. The summed E-state index contributed by atoms with van der Waals surface area (Å²) >= 11 is 1.39. The van der Waals surface area contributed by atoms with Crippen LogP contribution in [0, 0.1) is 30.1 Å². The molecule has 36 heavy (non-hydrogen) atoms. The first-order valence-corrected chi connectivity index (χ1v) is 14.8. The fraction of sp³-hybridized carbons (Fsp3) is 0.556. The van der Waals surface area contributed by atoms with E-state index in [-0.39, 0.29) is 39.9 Å². The number of rotatable bonds is 7. The normalized spacial score (nSPS) is 28.5. The predicted octanol–water partition coefficient (Wildman–Crippen LogP) is 4.59. The summed E-state index contributed by atoms with van der Waals surface area (Å²) < 4.78 is 28.5. The van der Waals surface area contributed by atoms with E-state index >= 15 is 0 Å². The van der Waals surface area contributed by atoms with Crippen LogP contribution in [0.25, 0.3) is 0 Å². The number of aliphatic hydroxyl groups is 1. The monoisotopic (exact) mass is 531 g/mol. The van der Waals surface area contributed by atoms with E-state index in [2.05, 4.69) is 25.1 Å². The number of nitrogens with zero attached hydrogens (tertiary/aromatic N) is 2. The van der Waals surface area contributed by atoms with Crippen molar-refractivity contribution in [2.75, 3.05) is 18.3 Å². The molecule has 9 heteroatoms. The van der Waals surface area contributed by atoms with E-state index in [1.54, 1.807) is 42.3 Å². The molecule has 1 aromatic carbocycles. The first kappa shape index (κ1) is 26.8. The van der Waals surface area contributed by atoms with Gasteiger partial charge >= 0.3 is 0 Å². The van der Waals surface area contributed by atoms with Crippen molar-refractivity contribution >= 4 is 32.4 Å². The molecule has 2 N–H and O–H groups in total. The average molecular weight is 532 g/mol. The summed E-state index contributed by atoms with van der Waals surface area (Å²) in [4.78, 5) is 20.6. The Morgan fingerprint density at radius 1 is 1.39 bits per heavy atom. The number of anilines is 1. The van der Waals surface area contributed by atoms with Gasteiger partial charge in [0.05, 0.1) is 16.7 Å². The van der Waals surface area contributed by atoms with Crippen LogP contribution in [0.2, 0.25) is 0 Å². The topological polar surface area (TPSA) is 99.6 Å². The highest BCUT2D eigenvalue weighted by Crippen LogP contribution is 2.57. The Morgan fingerprint density at radius 2 is 2.06 bits per heavy atom. The lowest BCUT2D eigenvalue weighted by molar-refractivity contribution is -0.143. The second kappa shape index (κ2) is 9.91. The van der Waals surface area contributed by atoms with Crippen molar-refractivity contribution in [3.8, 4) is 0 Å². The van der Waals surface area contributed by atoms with E-state index in [9.17, 15) is 18.3 Å². The maximum atomic E-state index is 13.0. The molecule has 2 aliphatic carbocycles. The van der Waals surface area contributed by atoms with Gasteiger partial charge in [0.25, 0.3) is 10.0 Å². The minimum atomic E-state index is -3.74. The predicted molar refractivity (Wildman–Crippen MR) is 144 cm³/mol. The summed E-state index contributed by atoms with van der Waals surface area (Å²) in [5.41, 5.74) is 1.70. The number of fused-ring (bicyclic) bond motifs is 2. The maximum Gasteiger partial charge on any atom is 0.263 e. The summed E-state index contributed by atoms with van der Waals surface area (Å²) in [6.07, 6.45) is 3.48. The van der Waals surface area contributed by atoms with E-state index in [4.69, 9.17) is 4.98 Å². The fourth-order valence-corrected chi connectivity index (χ4v) is 8.79. The number of carbonyl (C=O) groups excluding carboxylic acids is 1. The van der Waals surface area contributed by atoms with Crippen LogP contribution in [-0.2, 0) is 21.2 Å². The van der Waals surface area contributed by atoms with Gasteiger partial charge in [-0.25, -0.2) is 13.4 Å². The molecule has 2 aliphatic rings. The first-order valence-electron chi connectivity index (χ1n) is 12.5. The molecule has 0 saturated heterocycles. The number of hydrogen-bond donors (Lipinski definition) is 2. The summed E-state index contributed by atoms with van der Waals surface area (Å²) in [6.45, 7) is 12.3. The number of hydrogen-bond acceptors (Lipinski definition) is 6. The molecule has 6 atom stereocenters. The third-order valence-electron chi connectivity index (χ3n) is 8.29. The summed E-state index contributed by atoms with van der Waals surface area (Å²) in [5, 5.41) is 12.0. The van der Waals surface area contributed by atoms with Crippen LogP contribution in [0.3, 0.4) is 0 Å². The highest BCUT2D eigenvalue weighted by molar-refractivity contribution is 7.93. The number of aryl methyl sites for hydroxylation is 1. The second-order valence-corrected chi connectivity index (χ2v) is 13.6. The zero-order chi connectivity index (χ0) is 26.4. The van der Waals surface area contributed by atoms with Gasteiger partial charge in [0.2, 0.25) is 5.91 Å². The SMILES string of the molecule is C=CCN(C)C(=O)[C@@H](C)C1CC[C@@]2(C)Cc3sc(NS(=O)(=O)c4ccc(C)cc4)nc3[C@@H](C)[C@@H]2[C@H]1O. The van der Waals surface area contributed by atoms with Crippen molar-refractivity contribution in [3.05, 3.63) is 53.1 Å². The molecule has 7 nitrogen and oxygen atoms in total. The van der Waals surface area contributed by atoms with E-state index in [0.29, 0.717) is 11.7 Å². The minimum Gasteiger partial charge on any atom is -0.392 e. The molecule has 0 aliphatic heterocycles. The Bertz CT molecular complexity index is 1240. The van der Waals surface area contributed by atoms with E-state index in [1.165, 1.54) is 11.3 Å². The molecule has 1 saturated carbocycles. The van der Waals surface area contributed by atoms with Crippen molar-refractivity contribution < 1.29 is 18.3 Å². The van der Waals surface area contributed by atoms with Gasteiger partial charge in [0.1, 0.15) is 0 Å². The van der Waals surface area contributed by atoms with Crippen molar-refractivity contribution in [1.82, 2.24) is 9.88 Å². The minimum absolute atomic E-state index is 0.0214. The number of sulfonamides is 1.